The largest absolute Gasteiger partial charge is 0.336 e. The topological polar surface area (TPSA) is 83.4 Å². The summed E-state index contributed by atoms with van der Waals surface area (Å²) in [5.41, 5.74) is 2.25. The SMILES string of the molecule is O=C(CN1CCN(C(=O)c2ccc(Cn3cncn3)cc2)CC1)Nc1ccc(F)cc1. The van der Waals surface area contributed by atoms with Gasteiger partial charge in [-0.1, -0.05) is 12.1 Å². The summed E-state index contributed by atoms with van der Waals surface area (Å²) in [5.74, 6) is -0.513. The van der Waals surface area contributed by atoms with Crippen LogP contribution in [0, 0.1) is 5.82 Å². The second-order valence-electron chi connectivity index (χ2n) is 7.41. The van der Waals surface area contributed by atoms with E-state index in [1.165, 1.54) is 30.6 Å². The fourth-order valence-electron chi connectivity index (χ4n) is 3.48. The first-order chi connectivity index (χ1) is 15.1. The summed E-state index contributed by atoms with van der Waals surface area (Å²) in [4.78, 5) is 32.7. The summed E-state index contributed by atoms with van der Waals surface area (Å²) in [7, 11) is 0. The highest BCUT2D eigenvalue weighted by molar-refractivity contribution is 5.94. The van der Waals surface area contributed by atoms with E-state index in [0.717, 1.165) is 5.56 Å². The number of benzene rings is 2. The highest BCUT2D eigenvalue weighted by Gasteiger charge is 2.23. The van der Waals surface area contributed by atoms with Crippen molar-refractivity contribution in [3.63, 3.8) is 0 Å². The molecule has 0 bridgehead atoms. The number of nitrogens with one attached hydrogen (secondary N) is 1. The molecule has 2 heterocycles. The number of rotatable bonds is 6. The third-order valence-corrected chi connectivity index (χ3v) is 5.17. The minimum atomic E-state index is -0.344. The van der Waals surface area contributed by atoms with Crippen molar-refractivity contribution in [3.05, 3.63) is 78.1 Å². The van der Waals surface area contributed by atoms with E-state index >= 15 is 0 Å². The van der Waals surface area contributed by atoms with Crippen LogP contribution in [-0.4, -0.2) is 69.1 Å². The lowest BCUT2D eigenvalue weighted by molar-refractivity contribution is -0.117. The Morgan fingerprint density at radius 2 is 1.68 bits per heavy atom. The van der Waals surface area contributed by atoms with E-state index < -0.39 is 0 Å². The van der Waals surface area contributed by atoms with Crippen molar-refractivity contribution < 1.29 is 14.0 Å². The van der Waals surface area contributed by atoms with E-state index in [4.69, 9.17) is 0 Å². The number of carbonyl (C=O) groups is 2. The summed E-state index contributed by atoms with van der Waals surface area (Å²) in [6.45, 7) is 3.19. The summed E-state index contributed by atoms with van der Waals surface area (Å²) >= 11 is 0. The van der Waals surface area contributed by atoms with Crippen LogP contribution in [0.2, 0.25) is 0 Å². The maximum Gasteiger partial charge on any atom is 0.253 e. The molecule has 3 aromatic rings. The van der Waals surface area contributed by atoms with Gasteiger partial charge in [0.25, 0.3) is 5.91 Å². The molecular weight excluding hydrogens is 399 g/mol. The van der Waals surface area contributed by atoms with E-state index in [-0.39, 0.29) is 24.2 Å². The summed E-state index contributed by atoms with van der Waals surface area (Å²) in [5, 5.41) is 6.84. The van der Waals surface area contributed by atoms with Gasteiger partial charge in [-0.05, 0) is 42.0 Å². The molecule has 160 valence electrons. The molecule has 1 saturated heterocycles. The zero-order chi connectivity index (χ0) is 21.6. The van der Waals surface area contributed by atoms with Crippen LogP contribution in [0.15, 0.2) is 61.2 Å². The molecule has 1 aliphatic heterocycles. The van der Waals surface area contributed by atoms with Crippen molar-refractivity contribution in [2.24, 2.45) is 0 Å². The minimum absolute atomic E-state index is 0.0114. The average molecular weight is 422 g/mol. The molecule has 0 atom stereocenters. The zero-order valence-corrected chi connectivity index (χ0v) is 16.9. The first-order valence-electron chi connectivity index (χ1n) is 10.1. The van der Waals surface area contributed by atoms with Crippen LogP contribution in [0.25, 0.3) is 0 Å². The quantitative estimate of drug-likeness (QED) is 0.656. The van der Waals surface area contributed by atoms with Crippen molar-refractivity contribution >= 4 is 17.5 Å². The van der Waals surface area contributed by atoms with Crippen LogP contribution in [0.4, 0.5) is 10.1 Å². The summed E-state index contributed by atoms with van der Waals surface area (Å²) < 4.78 is 14.7. The van der Waals surface area contributed by atoms with E-state index in [1.54, 1.807) is 15.9 Å². The number of hydrogen-bond donors (Lipinski definition) is 1. The maximum atomic E-state index is 13.0. The standard InChI is InChI=1S/C22H23FN6O2/c23-19-5-7-20(8-6-19)26-21(30)14-27-9-11-28(12-10-27)22(31)18-3-1-17(2-4-18)13-29-16-24-15-25-29/h1-8,15-16H,9-14H2,(H,26,30). The molecule has 0 aliphatic carbocycles. The molecule has 0 radical (unpaired) electrons. The van der Waals surface area contributed by atoms with Gasteiger partial charge in [0.15, 0.2) is 0 Å². The Kier molecular flexibility index (Phi) is 6.32. The molecule has 0 spiro atoms. The molecule has 4 rings (SSSR count). The molecule has 2 aromatic carbocycles. The van der Waals surface area contributed by atoms with Gasteiger partial charge < -0.3 is 10.2 Å². The lowest BCUT2D eigenvalue weighted by Gasteiger charge is -2.34. The molecule has 1 aliphatic rings. The molecule has 1 fully saturated rings. The Hall–Kier alpha value is -3.59. The predicted octanol–water partition coefficient (Wildman–Crippen LogP) is 1.86. The monoisotopic (exact) mass is 422 g/mol. The third-order valence-electron chi connectivity index (χ3n) is 5.17. The van der Waals surface area contributed by atoms with Gasteiger partial charge in [0.2, 0.25) is 5.91 Å². The molecule has 1 aromatic heterocycles. The molecular formula is C22H23FN6O2. The van der Waals surface area contributed by atoms with Gasteiger partial charge in [0.1, 0.15) is 18.5 Å². The van der Waals surface area contributed by atoms with Crippen molar-refractivity contribution in [3.8, 4) is 0 Å². The van der Waals surface area contributed by atoms with Crippen LogP contribution in [0.5, 0.6) is 0 Å². The minimum Gasteiger partial charge on any atom is -0.336 e. The number of anilines is 1. The Morgan fingerprint density at radius 3 is 2.32 bits per heavy atom. The lowest BCUT2D eigenvalue weighted by atomic mass is 10.1. The number of piperazine rings is 1. The van der Waals surface area contributed by atoms with Gasteiger partial charge in [-0.2, -0.15) is 5.10 Å². The lowest BCUT2D eigenvalue weighted by Crippen LogP contribution is -2.50. The second kappa shape index (κ2) is 9.48. The Morgan fingerprint density at radius 1 is 0.968 bits per heavy atom. The molecule has 0 saturated carbocycles. The van der Waals surface area contributed by atoms with Crippen LogP contribution >= 0.6 is 0 Å². The number of aromatic nitrogens is 3. The molecule has 0 unspecified atom stereocenters. The normalized spacial score (nSPS) is 14.4. The fourth-order valence-corrected chi connectivity index (χ4v) is 3.48. The number of amides is 2. The third kappa shape index (κ3) is 5.52. The number of nitrogens with zero attached hydrogens (tertiary/aromatic N) is 5. The summed E-state index contributed by atoms with van der Waals surface area (Å²) in [6.07, 6.45) is 3.14. The maximum absolute atomic E-state index is 13.0. The van der Waals surface area contributed by atoms with Gasteiger partial charge in [0.05, 0.1) is 13.1 Å². The van der Waals surface area contributed by atoms with Gasteiger partial charge in [-0.25, -0.2) is 14.1 Å². The van der Waals surface area contributed by atoms with Gasteiger partial charge in [0, 0.05) is 37.4 Å². The molecule has 2 amide bonds. The smallest absolute Gasteiger partial charge is 0.253 e. The predicted molar refractivity (Wildman–Crippen MR) is 113 cm³/mol. The Labute approximate surface area is 179 Å². The van der Waals surface area contributed by atoms with Gasteiger partial charge >= 0.3 is 0 Å². The molecule has 8 nitrogen and oxygen atoms in total. The van der Waals surface area contributed by atoms with Crippen LogP contribution in [-0.2, 0) is 11.3 Å². The van der Waals surface area contributed by atoms with Gasteiger partial charge in [-0.15, -0.1) is 0 Å². The Balaban J connectivity index is 1.24. The van der Waals surface area contributed by atoms with Crippen molar-refractivity contribution in [1.82, 2.24) is 24.6 Å². The molecule has 1 N–H and O–H groups in total. The van der Waals surface area contributed by atoms with E-state index in [9.17, 15) is 14.0 Å². The van der Waals surface area contributed by atoms with Crippen LogP contribution < -0.4 is 5.32 Å². The molecule has 31 heavy (non-hydrogen) atoms. The first kappa shape index (κ1) is 20.7. The number of carbonyl (C=O) groups excluding carboxylic acids is 2. The van der Waals surface area contributed by atoms with Crippen molar-refractivity contribution in [1.29, 1.82) is 0 Å². The zero-order valence-electron chi connectivity index (χ0n) is 16.9. The number of hydrogen-bond acceptors (Lipinski definition) is 5. The second-order valence-corrected chi connectivity index (χ2v) is 7.41. The van der Waals surface area contributed by atoms with Crippen LogP contribution in [0.3, 0.4) is 0 Å². The van der Waals surface area contributed by atoms with Crippen molar-refractivity contribution in [2.75, 3.05) is 38.0 Å². The first-order valence-corrected chi connectivity index (χ1v) is 10.1. The average Bonchev–Trinajstić information content (AvgIpc) is 3.29. The summed E-state index contributed by atoms with van der Waals surface area (Å²) in [6, 6.07) is 13.2. The van der Waals surface area contributed by atoms with E-state index in [0.29, 0.717) is 44.0 Å². The highest BCUT2D eigenvalue weighted by Crippen LogP contribution is 2.12. The van der Waals surface area contributed by atoms with Crippen LogP contribution in [0.1, 0.15) is 15.9 Å². The fraction of sp³-hybridized carbons (Fsp3) is 0.273. The van der Waals surface area contributed by atoms with E-state index in [2.05, 4.69) is 15.4 Å². The van der Waals surface area contributed by atoms with Gasteiger partial charge in [-0.3, -0.25) is 14.5 Å². The van der Waals surface area contributed by atoms with Crippen molar-refractivity contribution in [2.45, 2.75) is 6.54 Å². The highest BCUT2D eigenvalue weighted by atomic mass is 19.1. The van der Waals surface area contributed by atoms with E-state index in [1.807, 2.05) is 29.2 Å². The number of halogens is 1. The molecule has 9 heteroatoms. The Bertz CT molecular complexity index is 1010.